The van der Waals surface area contributed by atoms with Gasteiger partial charge < -0.3 is 10.0 Å². The van der Waals surface area contributed by atoms with Gasteiger partial charge in [0.25, 0.3) is 0 Å². The maximum atomic E-state index is 12.1. The first-order valence-electron chi connectivity index (χ1n) is 7.18. The van der Waals surface area contributed by atoms with Gasteiger partial charge in [-0.15, -0.1) is 11.3 Å². The Kier molecular flexibility index (Phi) is 3.92. The Morgan fingerprint density at radius 3 is 2.86 bits per heavy atom. The van der Waals surface area contributed by atoms with E-state index in [4.69, 9.17) is 0 Å². The molecule has 2 heterocycles. The van der Waals surface area contributed by atoms with E-state index in [-0.39, 0.29) is 5.91 Å². The van der Waals surface area contributed by atoms with Crippen LogP contribution in [0, 0.1) is 0 Å². The van der Waals surface area contributed by atoms with E-state index in [1.165, 1.54) is 11.3 Å². The number of nitrogens with zero attached hydrogens (tertiary/aromatic N) is 1. The number of carboxylic acids is 1. The fourth-order valence-electron chi connectivity index (χ4n) is 2.83. The van der Waals surface area contributed by atoms with Crippen molar-refractivity contribution in [3.05, 3.63) is 34.7 Å². The number of benzene rings is 1. The highest BCUT2D eigenvalue weighted by Crippen LogP contribution is 2.32. The first-order chi connectivity index (χ1) is 10.2. The Morgan fingerprint density at radius 1 is 1.24 bits per heavy atom. The lowest BCUT2D eigenvalue weighted by Gasteiger charge is -2.20. The molecule has 1 aliphatic heterocycles. The van der Waals surface area contributed by atoms with Crippen molar-refractivity contribution in [3.63, 3.8) is 0 Å². The van der Waals surface area contributed by atoms with E-state index in [1.807, 2.05) is 29.2 Å². The van der Waals surface area contributed by atoms with E-state index in [9.17, 15) is 14.7 Å². The van der Waals surface area contributed by atoms with Gasteiger partial charge in [0.15, 0.2) is 0 Å². The van der Waals surface area contributed by atoms with Gasteiger partial charge in [-0.2, -0.15) is 0 Å². The van der Waals surface area contributed by atoms with E-state index in [0.717, 1.165) is 41.5 Å². The number of thiophene rings is 1. The number of carbonyl (C=O) groups is 2. The Bertz CT molecular complexity index is 692. The van der Waals surface area contributed by atoms with Crippen LogP contribution in [0.25, 0.3) is 10.1 Å². The van der Waals surface area contributed by atoms with Crippen LogP contribution in [0.3, 0.4) is 0 Å². The summed E-state index contributed by atoms with van der Waals surface area (Å²) < 4.78 is 0.965. The monoisotopic (exact) mass is 303 g/mol. The van der Waals surface area contributed by atoms with E-state index in [0.29, 0.717) is 17.8 Å². The molecular formula is C16H17NO3S. The summed E-state index contributed by atoms with van der Waals surface area (Å²) in [5.74, 6) is -0.771. The molecule has 0 aliphatic carbocycles. The van der Waals surface area contributed by atoms with Gasteiger partial charge in [0.05, 0.1) is 0 Å². The molecule has 21 heavy (non-hydrogen) atoms. The molecule has 5 heteroatoms. The molecule has 0 spiro atoms. The van der Waals surface area contributed by atoms with Crippen LogP contribution in [0.15, 0.2) is 24.3 Å². The summed E-state index contributed by atoms with van der Waals surface area (Å²) in [4.78, 5) is 25.8. The summed E-state index contributed by atoms with van der Waals surface area (Å²) in [6.45, 7) is 1.13. The molecule has 0 unspecified atom stereocenters. The zero-order valence-electron chi connectivity index (χ0n) is 11.7. The van der Waals surface area contributed by atoms with Gasteiger partial charge in [-0.3, -0.25) is 4.79 Å². The summed E-state index contributed by atoms with van der Waals surface area (Å²) in [6.07, 6.45) is 3.57. The first kappa shape index (κ1) is 14.1. The van der Waals surface area contributed by atoms with Crippen molar-refractivity contribution in [1.29, 1.82) is 0 Å². The van der Waals surface area contributed by atoms with Gasteiger partial charge in [-0.25, -0.2) is 4.79 Å². The lowest BCUT2D eigenvalue weighted by Crippen LogP contribution is -2.30. The summed E-state index contributed by atoms with van der Waals surface area (Å²) in [7, 11) is 0. The van der Waals surface area contributed by atoms with E-state index < -0.39 is 5.97 Å². The average Bonchev–Trinajstić information content (AvgIpc) is 2.72. The van der Waals surface area contributed by atoms with Crippen LogP contribution in [0.1, 0.15) is 40.9 Å². The van der Waals surface area contributed by atoms with Gasteiger partial charge in [0.1, 0.15) is 4.88 Å². The van der Waals surface area contributed by atoms with Crippen molar-refractivity contribution >= 4 is 33.3 Å². The number of aromatic carboxylic acids is 1. The Labute approximate surface area is 127 Å². The Morgan fingerprint density at radius 2 is 2.05 bits per heavy atom. The Hall–Kier alpha value is -1.88. The van der Waals surface area contributed by atoms with Gasteiger partial charge >= 0.3 is 5.97 Å². The van der Waals surface area contributed by atoms with Gasteiger partial charge in [-0.05, 0) is 24.3 Å². The second-order valence-corrected chi connectivity index (χ2v) is 6.39. The van der Waals surface area contributed by atoms with Crippen molar-refractivity contribution in [1.82, 2.24) is 4.90 Å². The molecule has 2 aromatic rings. The molecule has 1 saturated heterocycles. The zero-order valence-corrected chi connectivity index (χ0v) is 12.5. The average molecular weight is 303 g/mol. The smallest absolute Gasteiger partial charge is 0.346 e. The highest BCUT2D eigenvalue weighted by atomic mass is 32.1. The Balaban J connectivity index is 2.00. The predicted molar refractivity (Wildman–Crippen MR) is 82.7 cm³/mol. The zero-order chi connectivity index (χ0) is 14.8. The van der Waals surface area contributed by atoms with Crippen LogP contribution in [-0.4, -0.2) is 28.4 Å². The fourth-order valence-corrected chi connectivity index (χ4v) is 3.88. The number of hydrogen-bond donors (Lipinski definition) is 1. The highest BCUT2D eigenvalue weighted by Gasteiger charge is 2.23. The molecule has 1 aromatic heterocycles. The van der Waals surface area contributed by atoms with Gasteiger partial charge in [-0.1, -0.05) is 24.6 Å². The highest BCUT2D eigenvalue weighted by molar-refractivity contribution is 7.21. The summed E-state index contributed by atoms with van der Waals surface area (Å²) in [5, 5.41) is 10.4. The molecule has 1 N–H and O–H groups in total. The normalized spacial score (nSPS) is 16.2. The summed E-state index contributed by atoms with van der Waals surface area (Å²) in [5.41, 5.74) is 0.776. The lowest BCUT2D eigenvalue weighted by atomic mass is 10.1. The van der Waals surface area contributed by atoms with Crippen molar-refractivity contribution in [2.75, 3.05) is 6.54 Å². The first-order valence-corrected chi connectivity index (χ1v) is 8.00. The van der Waals surface area contributed by atoms with Gasteiger partial charge in [0, 0.05) is 29.8 Å². The molecule has 1 fully saturated rings. The molecule has 1 aliphatic rings. The molecule has 4 nitrogen and oxygen atoms in total. The predicted octanol–water partition coefficient (Wildman–Crippen LogP) is 3.50. The van der Waals surface area contributed by atoms with Crippen LogP contribution >= 0.6 is 11.3 Å². The molecule has 0 atom stereocenters. The number of likely N-dealkylation sites (tertiary alicyclic amines) is 1. The number of amides is 1. The maximum Gasteiger partial charge on any atom is 0.346 e. The molecule has 1 aromatic carbocycles. The van der Waals surface area contributed by atoms with Gasteiger partial charge in [0.2, 0.25) is 5.91 Å². The number of fused-ring (bicyclic) bond motifs is 1. The topological polar surface area (TPSA) is 57.6 Å². The fraction of sp³-hybridized carbons (Fsp3) is 0.375. The number of carbonyl (C=O) groups excluding carboxylic acids is 1. The van der Waals surface area contributed by atoms with Crippen molar-refractivity contribution in [2.45, 2.75) is 32.2 Å². The van der Waals surface area contributed by atoms with E-state index >= 15 is 0 Å². The maximum absolute atomic E-state index is 12.1. The van der Waals surface area contributed by atoms with Crippen molar-refractivity contribution < 1.29 is 14.7 Å². The van der Waals surface area contributed by atoms with Crippen LogP contribution < -0.4 is 0 Å². The SMILES string of the molecule is O=C(O)c1sc2ccccc2c1CN1CCCCCC1=O. The van der Waals surface area contributed by atoms with Crippen molar-refractivity contribution in [3.8, 4) is 0 Å². The van der Waals surface area contributed by atoms with Crippen LogP contribution in [0.5, 0.6) is 0 Å². The molecule has 0 bridgehead atoms. The van der Waals surface area contributed by atoms with Crippen LogP contribution in [0.4, 0.5) is 0 Å². The second kappa shape index (κ2) is 5.85. The number of rotatable bonds is 3. The van der Waals surface area contributed by atoms with Crippen LogP contribution in [-0.2, 0) is 11.3 Å². The standard InChI is InChI=1S/C16H17NO3S/c18-14-8-2-1-5-9-17(14)10-12-11-6-3-4-7-13(11)21-15(12)16(19)20/h3-4,6-7H,1-2,5,8-10H2,(H,19,20). The minimum absolute atomic E-state index is 0.138. The summed E-state index contributed by atoms with van der Waals surface area (Å²) in [6, 6.07) is 7.69. The lowest BCUT2D eigenvalue weighted by molar-refractivity contribution is -0.131. The van der Waals surface area contributed by atoms with E-state index in [2.05, 4.69) is 0 Å². The molecule has 0 saturated carbocycles. The quantitative estimate of drug-likeness (QED) is 0.944. The minimum Gasteiger partial charge on any atom is -0.477 e. The second-order valence-electron chi connectivity index (χ2n) is 5.34. The van der Waals surface area contributed by atoms with Crippen molar-refractivity contribution in [2.24, 2.45) is 0 Å². The summed E-state index contributed by atoms with van der Waals surface area (Å²) >= 11 is 1.29. The van der Waals surface area contributed by atoms with E-state index in [1.54, 1.807) is 0 Å². The largest absolute Gasteiger partial charge is 0.477 e. The minimum atomic E-state index is -0.909. The molecule has 3 rings (SSSR count). The number of carboxylic acid groups (broad SMARTS) is 1. The third-order valence-corrected chi connectivity index (χ3v) is 5.11. The third kappa shape index (κ3) is 2.78. The molecule has 1 amide bonds. The molecule has 0 radical (unpaired) electrons. The molecular weight excluding hydrogens is 286 g/mol. The number of hydrogen-bond acceptors (Lipinski definition) is 3. The molecule has 110 valence electrons. The van der Waals surface area contributed by atoms with Crippen LogP contribution in [0.2, 0.25) is 0 Å². The third-order valence-electron chi connectivity index (χ3n) is 3.91.